The van der Waals surface area contributed by atoms with E-state index in [0.717, 1.165) is 5.56 Å². The van der Waals surface area contributed by atoms with E-state index in [1.807, 2.05) is 13.8 Å². The Bertz CT molecular complexity index is 1170. The van der Waals surface area contributed by atoms with Gasteiger partial charge in [-0.25, -0.2) is 5.48 Å². The fourth-order valence-electron chi connectivity index (χ4n) is 5.22. The summed E-state index contributed by atoms with van der Waals surface area (Å²) in [5.74, 6) is -2.49. The third-order valence-electron chi connectivity index (χ3n) is 7.48. The van der Waals surface area contributed by atoms with Crippen LogP contribution in [0.5, 0.6) is 5.75 Å². The number of hydrogen-bond acceptors (Lipinski definition) is 8. The van der Waals surface area contributed by atoms with Gasteiger partial charge in [0.1, 0.15) is 29.9 Å². The first-order valence-electron chi connectivity index (χ1n) is 14.6. The van der Waals surface area contributed by atoms with Crippen molar-refractivity contribution in [3.8, 4) is 5.75 Å². The predicted molar refractivity (Wildman–Crippen MR) is 153 cm³/mol. The Balaban J connectivity index is 1.86. The summed E-state index contributed by atoms with van der Waals surface area (Å²) in [6, 6.07) is 3.05. The lowest BCUT2D eigenvalue weighted by Crippen LogP contribution is -2.61. The molecule has 0 spiro atoms. The minimum atomic E-state index is -1.17. The number of methoxy groups -OCH3 is 1. The maximum absolute atomic E-state index is 13.7. The maximum atomic E-state index is 13.7. The number of nitrogens with zero attached hydrogens (tertiary/aromatic N) is 1. The second-order valence-corrected chi connectivity index (χ2v) is 11.2. The van der Waals surface area contributed by atoms with Gasteiger partial charge in [0.15, 0.2) is 0 Å². The number of amides is 6. The van der Waals surface area contributed by atoms with Gasteiger partial charge >= 0.3 is 0 Å². The molecule has 2 saturated heterocycles. The van der Waals surface area contributed by atoms with Crippen LogP contribution >= 0.6 is 0 Å². The lowest BCUT2D eigenvalue weighted by Gasteiger charge is -2.33. The lowest BCUT2D eigenvalue weighted by atomic mass is 9.99. The summed E-state index contributed by atoms with van der Waals surface area (Å²) < 4.78 is 5.20. The number of nitrogens with one attached hydrogen (secondary N) is 5. The Hall–Kier alpha value is -4.20. The monoisotopic (exact) mass is 602 g/mol. The van der Waals surface area contributed by atoms with E-state index in [2.05, 4.69) is 21.3 Å². The third-order valence-corrected chi connectivity index (χ3v) is 7.48. The van der Waals surface area contributed by atoms with E-state index in [-0.39, 0.29) is 44.1 Å². The summed E-state index contributed by atoms with van der Waals surface area (Å²) >= 11 is 0. The molecule has 14 heteroatoms. The van der Waals surface area contributed by atoms with Gasteiger partial charge in [-0.1, -0.05) is 26.0 Å². The van der Waals surface area contributed by atoms with E-state index in [9.17, 15) is 28.8 Å². The fourth-order valence-corrected chi connectivity index (χ4v) is 5.22. The van der Waals surface area contributed by atoms with Crippen molar-refractivity contribution >= 4 is 35.4 Å². The van der Waals surface area contributed by atoms with Gasteiger partial charge in [0, 0.05) is 32.4 Å². The molecule has 0 aliphatic carbocycles. The summed E-state index contributed by atoms with van der Waals surface area (Å²) in [4.78, 5) is 79.4. The van der Waals surface area contributed by atoms with Gasteiger partial charge in [-0.15, -0.1) is 0 Å². The fraction of sp³-hybridized carbons (Fsp3) is 0.586. The van der Waals surface area contributed by atoms with Crippen LogP contribution in [0.25, 0.3) is 0 Å². The molecular formula is C29H42N6O8. The van der Waals surface area contributed by atoms with E-state index in [1.54, 1.807) is 24.3 Å². The van der Waals surface area contributed by atoms with E-state index in [1.165, 1.54) is 17.5 Å². The molecule has 236 valence electrons. The Morgan fingerprint density at radius 3 is 2.26 bits per heavy atom. The molecule has 1 aromatic carbocycles. The van der Waals surface area contributed by atoms with E-state index in [4.69, 9.17) is 9.94 Å². The van der Waals surface area contributed by atoms with Crippen molar-refractivity contribution in [3.05, 3.63) is 29.8 Å². The van der Waals surface area contributed by atoms with Crippen LogP contribution in [0.1, 0.15) is 57.9 Å². The lowest BCUT2D eigenvalue weighted by molar-refractivity contribution is -0.143. The molecule has 6 N–H and O–H groups in total. The molecular weight excluding hydrogens is 560 g/mol. The smallest absolute Gasteiger partial charge is 0.245 e. The summed E-state index contributed by atoms with van der Waals surface area (Å²) in [6.07, 6.45) is 1.05. The molecule has 2 heterocycles. The molecule has 43 heavy (non-hydrogen) atoms. The van der Waals surface area contributed by atoms with E-state index in [0.29, 0.717) is 31.6 Å². The van der Waals surface area contributed by atoms with Crippen LogP contribution in [0.3, 0.4) is 0 Å². The summed E-state index contributed by atoms with van der Waals surface area (Å²) in [7, 11) is 1.53. The van der Waals surface area contributed by atoms with E-state index < -0.39 is 53.7 Å². The number of ether oxygens (including phenoxy) is 1. The quantitative estimate of drug-likeness (QED) is 0.144. The standard InChI is InChI=1S/C29H42N6O8/c1-17(2)15-22-29(41)35-14-4-5-23(35)28(40)31-20(10-11-24(36)30-13-12-25(37)34-42)26(38)32-21(27(39)33-22)16-18-6-8-19(43-3)9-7-18/h6-9,17,20-23,42H,4-5,10-16H2,1-3H3,(H,30,36)(H,31,40)(H,32,38)(H,33,39)(H,34,37). The first kappa shape index (κ1) is 33.3. The molecule has 2 aliphatic rings. The number of hydrogen-bond donors (Lipinski definition) is 6. The molecule has 0 bridgehead atoms. The van der Waals surface area contributed by atoms with Crippen molar-refractivity contribution in [2.24, 2.45) is 5.92 Å². The molecule has 6 amide bonds. The van der Waals surface area contributed by atoms with Gasteiger partial charge in [0.05, 0.1) is 7.11 Å². The number of carbonyl (C=O) groups excluding carboxylic acids is 6. The molecule has 2 aliphatic heterocycles. The van der Waals surface area contributed by atoms with Gasteiger partial charge < -0.3 is 30.9 Å². The Labute approximate surface area is 250 Å². The second-order valence-electron chi connectivity index (χ2n) is 11.2. The van der Waals surface area contributed by atoms with Crippen LogP contribution in [-0.4, -0.2) is 89.9 Å². The maximum Gasteiger partial charge on any atom is 0.245 e. The van der Waals surface area contributed by atoms with Crippen LogP contribution in [0.2, 0.25) is 0 Å². The van der Waals surface area contributed by atoms with Crippen molar-refractivity contribution in [1.82, 2.24) is 31.6 Å². The zero-order chi connectivity index (χ0) is 31.5. The van der Waals surface area contributed by atoms with Crippen LogP contribution in [-0.2, 0) is 35.2 Å². The highest BCUT2D eigenvalue weighted by Gasteiger charge is 2.40. The van der Waals surface area contributed by atoms with Crippen molar-refractivity contribution in [3.63, 3.8) is 0 Å². The number of hydroxylamine groups is 1. The summed E-state index contributed by atoms with van der Waals surface area (Å²) in [5.41, 5.74) is 2.20. The average Bonchev–Trinajstić information content (AvgIpc) is 3.47. The molecule has 4 atom stereocenters. The van der Waals surface area contributed by atoms with E-state index >= 15 is 0 Å². The molecule has 0 radical (unpaired) electrons. The predicted octanol–water partition coefficient (Wildman–Crippen LogP) is -0.465. The topological polar surface area (TPSA) is 195 Å². The van der Waals surface area contributed by atoms with Gasteiger partial charge in [-0.05, 0) is 49.3 Å². The van der Waals surface area contributed by atoms with Crippen LogP contribution in [0.4, 0.5) is 0 Å². The number of benzene rings is 1. The number of fused-ring (bicyclic) bond motifs is 1. The van der Waals surface area contributed by atoms with Gasteiger partial charge in [-0.3, -0.25) is 34.0 Å². The Morgan fingerprint density at radius 2 is 1.60 bits per heavy atom. The molecule has 3 rings (SSSR count). The second kappa shape index (κ2) is 15.9. The third kappa shape index (κ3) is 9.66. The molecule has 2 fully saturated rings. The highest BCUT2D eigenvalue weighted by Crippen LogP contribution is 2.22. The first-order valence-corrected chi connectivity index (χ1v) is 14.6. The van der Waals surface area contributed by atoms with Crippen LogP contribution in [0.15, 0.2) is 24.3 Å². The molecule has 14 nitrogen and oxygen atoms in total. The van der Waals surface area contributed by atoms with Crippen molar-refractivity contribution in [2.45, 2.75) is 83.0 Å². The highest BCUT2D eigenvalue weighted by atomic mass is 16.5. The number of carbonyl (C=O) groups is 6. The zero-order valence-corrected chi connectivity index (χ0v) is 24.8. The van der Waals surface area contributed by atoms with Crippen molar-refractivity contribution in [1.29, 1.82) is 0 Å². The zero-order valence-electron chi connectivity index (χ0n) is 24.8. The van der Waals surface area contributed by atoms with Gasteiger partial charge in [0.2, 0.25) is 35.4 Å². The highest BCUT2D eigenvalue weighted by molar-refractivity contribution is 5.98. The van der Waals surface area contributed by atoms with Crippen molar-refractivity contribution < 1.29 is 38.7 Å². The first-order chi connectivity index (χ1) is 20.5. The molecule has 0 aromatic heterocycles. The summed E-state index contributed by atoms with van der Waals surface area (Å²) in [6.45, 7) is 4.18. The molecule has 0 saturated carbocycles. The number of rotatable bonds is 11. The normalized spacial score (nSPS) is 22.9. The SMILES string of the molecule is COc1ccc(CC2NC(=O)C(CCC(=O)NCCC(=O)NO)NC(=O)C3CCCN3C(=O)C(CC(C)C)NC2=O)cc1. The Morgan fingerprint density at radius 1 is 0.953 bits per heavy atom. The minimum absolute atomic E-state index is 0.0325. The van der Waals surface area contributed by atoms with Gasteiger partial charge in [0.25, 0.3) is 0 Å². The van der Waals surface area contributed by atoms with Crippen LogP contribution in [0, 0.1) is 5.92 Å². The van der Waals surface area contributed by atoms with Crippen molar-refractivity contribution in [2.75, 3.05) is 20.2 Å². The Kier molecular flexibility index (Phi) is 12.3. The molecule has 4 unspecified atom stereocenters. The molecule has 1 aromatic rings. The van der Waals surface area contributed by atoms with Gasteiger partial charge in [-0.2, -0.15) is 0 Å². The van der Waals surface area contributed by atoms with Crippen LogP contribution < -0.4 is 31.5 Å². The largest absolute Gasteiger partial charge is 0.497 e. The summed E-state index contributed by atoms with van der Waals surface area (Å²) in [5, 5.41) is 19.4. The average molecular weight is 603 g/mol. The minimum Gasteiger partial charge on any atom is -0.497 e.